The summed E-state index contributed by atoms with van der Waals surface area (Å²) in [5.74, 6) is 0.807. The van der Waals surface area contributed by atoms with Gasteiger partial charge in [-0.25, -0.2) is 0 Å². The molecular formula is C15H16I2N2O2S. The van der Waals surface area contributed by atoms with Crippen LogP contribution in [0.15, 0.2) is 22.0 Å². The number of hydrogen-bond acceptors (Lipinski definition) is 4. The van der Waals surface area contributed by atoms with E-state index in [0.717, 1.165) is 23.6 Å². The van der Waals surface area contributed by atoms with Crippen LogP contribution in [0.5, 0.6) is 5.75 Å². The minimum absolute atomic E-state index is 0.00984. The number of amidine groups is 1. The summed E-state index contributed by atoms with van der Waals surface area (Å²) in [6.07, 6.45) is 1.90. The minimum Gasteiger partial charge on any atom is -0.495 e. The van der Waals surface area contributed by atoms with Crippen LogP contribution in [-0.2, 0) is 4.79 Å². The molecule has 0 bridgehead atoms. The van der Waals surface area contributed by atoms with Crippen LogP contribution in [0.25, 0.3) is 6.08 Å². The van der Waals surface area contributed by atoms with Crippen LogP contribution >= 0.6 is 56.9 Å². The van der Waals surface area contributed by atoms with Gasteiger partial charge in [0.2, 0.25) is 0 Å². The SMILES string of the molecule is CCN=C1S/C(=C\c2cc(I)cc(I)c2OC)C(=O)N1CC. The molecule has 118 valence electrons. The lowest BCUT2D eigenvalue weighted by atomic mass is 10.2. The van der Waals surface area contributed by atoms with Crippen molar-refractivity contribution in [3.63, 3.8) is 0 Å². The van der Waals surface area contributed by atoms with Gasteiger partial charge in [-0.2, -0.15) is 0 Å². The third kappa shape index (κ3) is 3.78. The van der Waals surface area contributed by atoms with Gasteiger partial charge >= 0.3 is 0 Å². The van der Waals surface area contributed by atoms with Crippen LogP contribution in [0.2, 0.25) is 0 Å². The molecule has 1 fully saturated rings. The number of benzene rings is 1. The zero-order valence-electron chi connectivity index (χ0n) is 12.5. The quantitative estimate of drug-likeness (QED) is 0.423. The average molecular weight is 542 g/mol. The van der Waals surface area contributed by atoms with E-state index in [-0.39, 0.29) is 5.91 Å². The molecule has 1 heterocycles. The van der Waals surface area contributed by atoms with Gasteiger partial charge in [-0.3, -0.25) is 14.7 Å². The van der Waals surface area contributed by atoms with Crippen molar-refractivity contribution in [2.24, 2.45) is 4.99 Å². The zero-order valence-corrected chi connectivity index (χ0v) is 17.7. The maximum Gasteiger partial charge on any atom is 0.266 e. The molecule has 1 saturated heterocycles. The Bertz CT molecular complexity index is 659. The van der Waals surface area contributed by atoms with Crippen molar-refractivity contribution in [3.05, 3.63) is 29.7 Å². The Morgan fingerprint density at radius 1 is 1.36 bits per heavy atom. The summed E-state index contributed by atoms with van der Waals surface area (Å²) in [6.45, 7) is 5.23. The summed E-state index contributed by atoms with van der Waals surface area (Å²) in [5.41, 5.74) is 0.920. The van der Waals surface area contributed by atoms with Crippen LogP contribution in [-0.4, -0.2) is 36.2 Å². The average Bonchev–Trinajstić information content (AvgIpc) is 2.74. The van der Waals surface area contributed by atoms with Crippen LogP contribution in [0.1, 0.15) is 19.4 Å². The van der Waals surface area contributed by atoms with Gasteiger partial charge in [-0.15, -0.1) is 0 Å². The third-order valence-corrected chi connectivity index (χ3v) is 5.49. The second-order valence-corrected chi connectivity index (χ2v) is 7.84. The number of thioether (sulfide) groups is 1. The fraction of sp³-hybridized carbons (Fsp3) is 0.333. The normalized spacial score (nSPS) is 18.6. The van der Waals surface area contributed by atoms with Crippen molar-refractivity contribution in [1.29, 1.82) is 0 Å². The van der Waals surface area contributed by atoms with Gasteiger partial charge in [0, 0.05) is 22.2 Å². The number of methoxy groups -OCH3 is 1. The first-order valence-corrected chi connectivity index (χ1v) is 9.78. The number of ether oxygens (including phenoxy) is 1. The third-order valence-electron chi connectivity index (χ3n) is 3.03. The second-order valence-electron chi connectivity index (χ2n) is 4.43. The molecule has 0 unspecified atom stereocenters. The summed E-state index contributed by atoms with van der Waals surface area (Å²) >= 11 is 5.95. The molecule has 7 heteroatoms. The highest BCUT2D eigenvalue weighted by Gasteiger charge is 2.32. The first-order chi connectivity index (χ1) is 10.5. The van der Waals surface area contributed by atoms with Gasteiger partial charge in [0.05, 0.1) is 15.6 Å². The highest BCUT2D eigenvalue weighted by atomic mass is 127. The van der Waals surface area contributed by atoms with Gasteiger partial charge in [0.25, 0.3) is 5.91 Å². The Kier molecular flexibility index (Phi) is 6.57. The van der Waals surface area contributed by atoms with Crippen molar-refractivity contribution in [2.75, 3.05) is 20.2 Å². The number of carbonyl (C=O) groups excluding carboxylic acids is 1. The van der Waals surface area contributed by atoms with E-state index >= 15 is 0 Å². The van der Waals surface area contributed by atoms with E-state index in [1.54, 1.807) is 12.0 Å². The molecule has 1 amide bonds. The molecule has 1 aromatic carbocycles. The van der Waals surface area contributed by atoms with E-state index in [1.807, 2.05) is 32.1 Å². The predicted molar refractivity (Wildman–Crippen MR) is 109 cm³/mol. The van der Waals surface area contributed by atoms with Crippen molar-refractivity contribution in [2.45, 2.75) is 13.8 Å². The fourth-order valence-electron chi connectivity index (χ4n) is 2.08. The molecule has 0 aromatic heterocycles. The summed E-state index contributed by atoms with van der Waals surface area (Å²) in [5, 5.41) is 0.778. The van der Waals surface area contributed by atoms with Crippen molar-refractivity contribution in [1.82, 2.24) is 4.90 Å². The Balaban J connectivity index is 2.46. The van der Waals surface area contributed by atoms with E-state index in [0.29, 0.717) is 18.0 Å². The minimum atomic E-state index is 0.00984. The Labute approximate surface area is 162 Å². The predicted octanol–water partition coefficient (Wildman–Crippen LogP) is 4.22. The molecule has 0 saturated carbocycles. The van der Waals surface area contributed by atoms with Gasteiger partial charge in [-0.1, -0.05) is 0 Å². The summed E-state index contributed by atoms with van der Waals surface area (Å²) < 4.78 is 7.63. The van der Waals surface area contributed by atoms with Crippen LogP contribution in [0, 0.1) is 7.14 Å². The van der Waals surface area contributed by atoms with Gasteiger partial charge in [0.1, 0.15) is 5.75 Å². The second kappa shape index (κ2) is 8.00. The lowest BCUT2D eigenvalue weighted by Gasteiger charge is -2.11. The topological polar surface area (TPSA) is 41.9 Å². The molecule has 1 aromatic rings. The van der Waals surface area contributed by atoms with Gasteiger partial charge < -0.3 is 4.74 Å². The maximum absolute atomic E-state index is 12.5. The number of aliphatic imine (C=N–C) groups is 1. The molecule has 0 aliphatic carbocycles. The Morgan fingerprint density at radius 3 is 2.68 bits per heavy atom. The monoisotopic (exact) mass is 542 g/mol. The lowest BCUT2D eigenvalue weighted by molar-refractivity contribution is -0.122. The fourth-order valence-corrected chi connectivity index (χ4v) is 5.29. The largest absolute Gasteiger partial charge is 0.495 e. The highest BCUT2D eigenvalue weighted by molar-refractivity contribution is 14.1. The summed E-state index contributed by atoms with van der Waals surface area (Å²) in [7, 11) is 1.65. The molecule has 0 N–H and O–H groups in total. The van der Waals surface area contributed by atoms with Crippen LogP contribution < -0.4 is 4.74 Å². The van der Waals surface area contributed by atoms with Crippen LogP contribution in [0.3, 0.4) is 0 Å². The number of amides is 1. The van der Waals surface area contributed by atoms with Crippen molar-refractivity contribution >= 4 is 74.1 Å². The van der Waals surface area contributed by atoms with E-state index in [1.165, 1.54) is 11.8 Å². The molecule has 1 aliphatic rings. The lowest BCUT2D eigenvalue weighted by Crippen LogP contribution is -2.28. The highest BCUT2D eigenvalue weighted by Crippen LogP contribution is 2.36. The number of nitrogens with zero attached hydrogens (tertiary/aromatic N) is 2. The van der Waals surface area contributed by atoms with E-state index < -0.39 is 0 Å². The number of halogens is 2. The molecule has 4 nitrogen and oxygen atoms in total. The standard InChI is InChI=1S/C15H16I2N2O2S/c1-4-18-15-19(5-2)14(20)12(22-15)7-9-6-10(16)8-11(17)13(9)21-3/h6-8H,4-5H2,1-3H3/b12-7-,18-15?. The van der Waals surface area contributed by atoms with Crippen molar-refractivity contribution < 1.29 is 9.53 Å². The molecule has 22 heavy (non-hydrogen) atoms. The smallest absolute Gasteiger partial charge is 0.266 e. The molecular weight excluding hydrogens is 526 g/mol. The molecule has 0 spiro atoms. The van der Waals surface area contributed by atoms with E-state index in [2.05, 4.69) is 50.2 Å². The first-order valence-electron chi connectivity index (χ1n) is 6.80. The van der Waals surface area contributed by atoms with Gasteiger partial charge in [0.15, 0.2) is 5.17 Å². The van der Waals surface area contributed by atoms with Crippen LogP contribution in [0.4, 0.5) is 0 Å². The van der Waals surface area contributed by atoms with Crippen molar-refractivity contribution in [3.8, 4) is 5.75 Å². The molecule has 0 radical (unpaired) electrons. The number of likely N-dealkylation sites (N-methyl/N-ethyl adjacent to an activating group) is 1. The Morgan fingerprint density at radius 2 is 2.09 bits per heavy atom. The zero-order chi connectivity index (χ0) is 16.3. The van der Waals surface area contributed by atoms with E-state index in [4.69, 9.17) is 4.74 Å². The Hall–Kier alpha value is -0.290. The summed E-state index contributed by atoms with van der Waals surface area (Å²) in [4.78, 5) is 19.3. The summed E-state index contributed by atoms with van der Waals surface area (Å²) in [6, 6.07) is 4.07. The number of hydrogen-bond donors (Lipinski definition) is 0. The maximum atomic E-state index is 12.5. The molecule has 0 atom stereocenters. The molecule has 1 aliphatic heterocycles. The van der Waals surface area contributed by atoms with E-state index in [9.17, 15) is 4.79 Å². The first kappa shape index (κ1) is 18.1. The number of carbonyl (C=O) groups is 1. The van der Waals surface area contributed by atoms with Gasteiger partial charge in [-0.05, 0) is 89.0 Å². The number of rotatable bonds is 4. The molecule has 2 rings (SSSR count).